The molecule has 3 rings (SSSR count). The van der Waals surface area contributed by atoms with Crippen LogP contribution in [0.2, 0.25) is 0 Å². The van der Waals surface area contributed by atoms with E-state index in [0.717, 1.165) is 16.8 Å². The molecule has 2 aromatic carbocycles. The Balaban J connectivity index is 2.18. The second-order valence-electron chi connectivity index (χ2n) is 5.73. The summed E-state index contributed by atoms with van der Waals surface area (Å²) in [6.45, 7) is 2.25. The summed E-state index contributed by atoms with van der Waals surface area (Å²) in [5, 5.41) is 19.5. The number of ether oxygens (including phenoxy) is 1. The van der Waals surface area contributed by atoms with Gasteiger partial charge in [-0.15, -0.1) is 0 Å². The molecule has 0 aliphatic carbocycles. The number of H-pyrrole nitrogens is 1. The second-order valence-corrected chi connectivity index (χ2v) is 5.73. The molecule has 6 nitrogen and oxygen atoms in total. The number of anilines is 2. The second kappa shape index (κ2) is 7.03. The first-order chi connectivity index (χ1) is 12.5. The zero-order valence-electron chi connectivity index (χ0n) is 14.3. The SMILES string of the molecule is CCOc1cc(-c2cc(-c3ccc(N)cc3)[nH+]c(N)c2C#N)ccc1O. The lowest BCUT2D eigenvalue weighted by molar-refractivity contribution is -0.346. The van der Waals surface area contributed by atoms with Crippen molar-refractivity contribution in [3.05, 3.63) is 54.1 Å². The summed E-state index contributed by atoms with van der Waals surface area (Å²) in [6.07, 6.45) is 0. The fourth-order valence-electron chi connectivity index (χ4n) is 2.72. The Hall–Kier alpha value is -3.72. The molecule has 0 saturated heterocycles. The largest absolute Gasteiger partial charge is 0.504 e. The van der Waals surface area contributed by atoms with Crippen molar-refractivity contribution in [2.24, 2.45) is 0 Å². The molecule has 6 N–H and O–H groups in total. The van der Waals surface area contributed by atoms with Crippen molar-refractivity contribution in [2.75, 3.05) is 18.1 Å². The maximum Gasteiger partial charge on any atom is 0.289 e. The molecule has 3 aromatic rings. The van der Waals surface area contributed by atoms with Crippen molar-refractivity contribution >= 4 is 11.5 Å². The number of nitrogens with two attached hydrogens (primary N) is 2. The quantitative estimate of drug-likeness (QED) is 0.627. The first-order valence-electron chi connectivity index (χ1n) is 8.11. The summed E-state index contributed by atoms with van der Waals surface area (Å²) < 4.78 is 5.44. The van der Waals surface area contributed by atoms with Crippen molar-refractivity contribution in [2.45, 2.75) is 6.92 Å². The van der Waals surface area contributed by atoms with Crippen molar-refractivity contribution in [3.63, 3.8) is 0 Å². The van der Waals surface area contributed by atoms with Gasteiger partial charge in [0.15, 0.2) is 11.5 Å². The Kier molecular flexibility index (Phi) is 4.63. The van der Waals surface area contributed by atoms with Crippen LogP contribution in [0.15, 0.2) is 48.5 Å². The third-order valence-corrected chi connectivity index (χ3v) is 4.00. The number of hydrogen-bond donors (Lipinski definition) is 3. The van der Waals surface area contributed by atoms with Crippen LogP contribution in [0.3, 0.4) is 0 Å². The van der Waals surface area contributed by atoms with Crippen LogP contribution in [-0.2, 0) is 0 Å². The summed E-state index contributed by atoms with van der Waals surface area (Å²) in [5.41, 5.74) is 15.8. The van der Waals surface area contributed by atoms with Gasteiger partial charge in [-0.2, -0.15) is 5.26 Å². The first-order valence-corrected chi connectivity index (χ1v) is 8.11. The van der Waals surface area contributed by atoms with E-state index in [2.05, 4.69) is 11.1 Å². The van der Waals surface area contributed by atoms with Crippen molar-refractivity contribution in [3.8, 4) is 40.0 Å². The number of nitriles is 1. The van der Waals surface area contributed by atoms with Gasteiger partial charge in [0.1, 0.15) is 17.3 Å². The molecular formula is C20H19N4O2+. The molecule has 0 unspecified atom stereocenters. The number of aromatic amines is 1. The Morgan fingerprint density at radius 1 is 1.08 bits per heavy atom. The highest BCUT2D eigenvalue weighted by molar-refractivity contribution is 5.79. The van der Waals surface area contributed by atoms with E-state index in [1.165, 1.54) is 6.07 Å². The molecule has 0 radical (unpaired) electrons. The van der Waals surface area contributed by atoms with Crippen LogP contribution in [0, 0.1) is 11.3 Å². The van der Waals surface area contributed by atoms with Crippen molar-refractivity contribution < 1.29 is 14.8 Å². The minimum Gasteiger partial charge on any atom is -0.504 e. The number of nitrogens with one attached hydrogen (secondary N) is 1. The number of phenolic OH excluding ortho intramolecular Hbond substituents is 1. The zero-order valence-corrected chi connectivity index (χ0v) is 14.3. The zero-order chi connectivity index (χ0) is 18.7. The average molecular weight is 347 g/mol. The van der Waals surface area contributed by atoms with E-state index in [4.69, 9.17) is 16.2 Å². The lowest BCUT2D eigenvalue weighted by Gasteiger charge is -2.11. The number of phenols is 1. The molecule has 0 aliphatic rings. The van der Waals surface area contributed by atoms with Gasteiger partial charge in [0.2, 0.25) is 0 Å². The molecule has 1 aromatic heterocycles. The molecule has 1 heterocycles. The standard InChI is InChI=1S/C20H18N4O2/c1-2-26-19-9-13(5-8-18(19)25)15-10-17(24-20(23)16(15)11-21)12-3-6-14(22)7-4-12/h3-10,25H,2,22H2,1H3,(H2,23,24)/p+1. The highest BCUT2D eigenvalue weighted by Gasteiger charge is 2.18. The summed E-state index contributed by atoms with van der Waals surface area (Å²) in [5.74, 6) is 0.667. The van der Waals surface area contributed by atoms with Gasteiger partial charge >= 0.3 is 0 Å². The van der Waals surface area contributed by atoms with Gasteiger partial charge in [0, 0.05) is 16.8 Å². The smallest absolute Gasteiger partial charge is 0.289 e. The molecular weight excluding hydrogens is 328 g/mol. The van der Waals surface area contributed by atoms with E-state index in [0.29, 0.717) is 29.2 Å². The number of hydrogen-bond acceptors (Lipinski definition) is 5. The molecule has 130 valence electrons. The van der Waals surface area contributed by atoms with Crippen LogP contribution < -0.4 is 21.2 Å². The minimum atomic E-state index is 0.0448. The summed E-state index contributed by atoms with van der Waals surface area (Å²) in [4.78, 5) is 3.06. The normalized spacial score (nSPS) is 10.3. The number of aromatic hydroxyl groups is 1. The van der Waals surface area contributed by atoms with Gasteiger partial charge in [-0.1, -0.05) is 6.07 Å². The van der Waals surface area contributed by atoms with Crippen LogP contribution in [-0.4, -0.2) is 11.7 Å². The predicted molar refractivity (Wildman–Crippen MR) is 100 cm³/mol. The Bertz CT molecular complexity index is 992. The van der Waals surface area contributed by atoms with E-state index in [1.54, 1.807) is 24.3 Å². The van der Waals surface area contributed by atoms with Crippen LogP contribution in [0.25, 0.3) is 22.4 Å². The monoisotopic (exact) mass is 347 g/mol. The third-order valence-electron chi connectivity index (χ3n) is 4.00. The number of nitrogens with zero attached hydrogens (tertiary/aromatic N) is 1. The van der Waals surface area contributed by atoms with Gasteiger partial charge in [-0.3, -0.25) is 5.73 Å². The molecule has 0 amide bonds. The topological polar surface area (TPSA) is 119 Å². The fourth-order valence-corrected chi connectivity index (χ4v) is 2.72. The predicted octanol–water partition coefficient (Wildman–Crippen LogP) is 2.98. The summed E-state index contributed by atoms with van der Waals surface area (Å²) in [6, 6.07) is 16.3. The van der Waals surface area contributed by atoms with Crippen LogP contribution in [0.4, 0.5) is 11.5 Å². The molecule has 0 aliphatic heterocycles. The van der Waals surface area contributed by atoms with Crippen LogP contribution in [0.1, 0.15) is 12.5 Å². The van der Waals surface area contributed by atoms with E-state index in [-0.39, 0.29) is 11.6 Å². The van der Waals surface area contributed by atoms with E-state index in [1.807, 2.05) is 25.1 Å². The van der Waals surface area contributed by atoms with E-state index < -0.39 is 0 Å². The van der Waals surface area contributed by atoms with Crippen molar-refractivity contribution in [1.29, 1.82) is 5.26 Å². The Morgan fingerprint density at radius 3 is 2.42 bits per heavy atom. The van der Waals surface area contributed by atoms with Gasteiger partial charge in [0.25, 0.3) is 5.82 Å². The highest BCUT2D eigenvalue weighted by Crippen LogP contribution is 2.35. The van der Waals surface area contributed by atoms with Crippen molar-refractivity contribution in [1.82, 2.24) is 0 Å². The molecule has 0 bridgehead atoms. The van der Waals surface area contributed by atoms with Gasteiger partial charge in [0.05, 0.1) is 6.61 Å². The van der Waals surface area contributed by atoms with Gasteiger partial charge < -0.3 is 15.6 Å². The lowest BCUT2D eigenvalue weighted by atomic mass is 9.98. The number of aromatic nitrogens is 1. The Labute approximate surface area is 151 Å². The number of nitrogen functional groups attached to an aromatic ring is 2. The molecule has 0 spiro atoms. The number of benzene rings is 2. The molecule has 0 saturated carbocycles. The molecule has 0 fully saturated rings. The highest BCUT2D eigenvalue weighted by atomic mass is 16.5. The average Bonchev–Trinajstić information content (AvgIpc) is 2.63. The van der Waals surface area contributed by atoms with E-state index in [9.17, 15) is 10.4 Å². The third kappa shape index (κ3) is 3.23. The maximum atomic E-state index is 9.92. The summed E-state index contributed by atoms with van der Waals surface area (Å²) in [7, 11) is 0. The lowest BCUT2D eigenvalue weighted by Crippen LogP contribution is -2.16. The minimum absolute atomic E-state index is 0.0448. The maximum absolute atomic E-state index is 9.92. The van der Waals surface area contributed by atoms with E-state index >= 15 is 0 Å². The molecule has 0 atom stereocenters. The first kappa shape index (κ1) is 17.1. The fraction of sp³-hybridized carbons (Fsp3) is 0.100. The molecule has 6 heteroatoms. The Morgan fingerprint density at radius 2 is 1.77 bits per heavy atom. The van der Waals surface area contributed by atoms with Crippen LogP contribution in [0.5, 0.6) is 11.5 Å². The number of pyridine rings is 1. The number of rotatable bonds is 4. The molecule has 26 heavy (non-hydrogen) atoms. The van der Waals surface area contributed by atoms with Gasteiger partial charge in [-0.05, 0) is 55.0 Å². The summed E-state index contributed by atoms with van der Waals surface area (Å²) >= 11 is 0. The van der Waals surface area contributed by atoms with Crippen LogP contribution >= 0.6 is 0 Å². The van der Waals surface area contributed by atoms with Gasteiger partial charge in [-0.25, -0.2) is 4.98 Å².